The zero-order valence-corrected chi connectivity index (χ0v) is 16.4. The van der Waals surface area contributed by atoms with E-state index in [0.717, 1.165) is 32.1 Å². The maximum atomic E-state index is 12.5. The minimum absolute atomic E-state index is 0. The summed E-state index contributed by atoms with van der Waals surface area (Å²) >= 11 is 6.31. The molecule has 1 aliphatic carbocycles. The lowest BCUT2D eigenvalue weighted by Gasteiger charge is -2.27. The Morgan fingerprint density at radius 1 is 1.24 bits per heavy atom. The topological polar surface area (TPSA) is 73.6 Å². The Morgan fingerprint density at radius 2 is 1.92 bits per heavy atom. The Kier molecular flexibility index (Phi) is 9.39. The number of ether oxygens (including phenoxy) is 2. The Morgan fingerprint density at radius 3 is 2.52 bits per heavy atom. The molecule has 0 aromatic heterocycles. The Bertz CT molecular complexity index is 561. The number of nitrogens with one attached hydrogen (secondary N) is 1. The first-order valence-electron chi connectivity index (χ1n) is 8.70. The van der Waals surface area contributed by atoms with Crippen LogP contribution >= 0.6 is 24.0 Å². The highest BCUT2D eigenvalue weighted by Crippen LogP contribution is 2.37. The highest BCUT2D eigenvalue weighted by Gasteiger charge is 2.22. The molecule has 0 atom stereocenters. The summed E-state index contributed by atoms with van der Waals surface area (Å²) < 4.78 is 11.3. The molecular weight excluding hydrogens is 363 g/mol. The van der Waals surface area contributed by atoms with Crippen molar-refractivity contribution in [3.63, 3.8) is 0 Å². The van der Waals surface area contributed by atoms with E-state index in [9.17, 15) is 4.79 Å². The van der Waals surface area contributed by atoms with Gasteiger partial charge in [-0.1, -0.05) is 18.5 Å². The molecule has 0 heterocycles. The van der Waals surface area contributed by atoms with Crippen molar-refractivity contribution in [2.45, 2.75) is 58.0 Å². The summed E-state index contributed by atoms with van der Waals surface area (Å²) in [7, 11) is 0. The smallest absolute Gasteiger partial charge is 0.251 e. The van der Waals surface area contributed by atoms with Gasteiger partial charge in [0.2, 0.25) is 0 Å². The quantitative estimate of drug-likeness (QED) is 0.738. The number of rotatable bonds is 7. The minimum Gasteiger partial charge on any atom is -0.490 e. The van der Waals surface area contributed by atoms with Crippen molar-refractivity contribution in [1.82, 2.24) is 5.32 Å². The van der Waals surface area contributed by atoms with E-state index >= 15 is 0 Å². The first-order valence-corrected chi connectivity index (χ1v) is 9.08. The van der Waals surface area contributed by atoms with Gasteiger partial charge in [0.05, 0.1) is 18.2 Å². The summed E-state index contributed by atoms with van der Waals surface area (Å²) in [6.45, 7) is 4.93. The van der Waals surface area contributed by atoms with Crippen LogP contribution in [0.3, 0.4) is 0 Å². The van der Waals surface area contributed by atoms with Crippen molar-refractivity contribution in [2.24, 2.45) is 5.73 Å². The van der Waals surface area contributed by atoms with Gasteiger partial charge in [-0.15, -0.1) is 12.4 Å². The van der Waals surface area contributed by atoms with Crippen molar-refractivity contribution in [2.75, 3.05) is 13.2 Å². The van der Waals surface area contributed by atoms with Crippen molar-refractivity contribution >= 4 is 29.9 Å². The Hall–Kier alpha value is -1.17. The average molecular weight is 391 g/mol. The number of benzene rings is 1. The molecule has 1 aromatic rings. The molecule has 0 bridgehead atoms. The SMILES string of the molecule is CCCOc1c(Cl)cc(C(=O)NC2CCC(N)CC2)cc1OCC.Cl. The summed E-state index contributed by atoms with van der Waals surface area (Å²) in [6.07, 6.45) is 4.58. The highest BCUT2D eigenvalue weighted by molar-refractivity contribution is 6.32. The minimum atomic E-state index is -0.139. The monoisotopic (exact) mass is 390 g/mol. The first-order chi connectivity index (χ1) is 11.5. The molecule has 1 saturated carbocycles. The zero-order valence-electron chi connectivity index (χ0n) is 14.8. The van der Waals surface area contributed by atoms with Gasteiger partial charge in [0, 0.05) is 17.6 Å². The van der Waals surface area contributed by atoms with Gasteiger partial charge in [0.15, 0.2) is 11.5 Å². The molecule has 0 spiro atoms. The van der Waals surface area contributed by atoms with Gasteiger partial charge in [-0.3, -0.25) is 4.79 Å². The van der Waals surface area contributed by atoms with Crippen LogP contribution in [0.15, 0.2) is 12.1 Å². The number of carbonyl (C=O) groups is 1. The number of amides is 1. The summed E-state index contributed by atoms with van der Waals surface area (Å²) in [5.41, 5.74) is 6.40. The second-order valence-corrected chi connectivity index (χ2v) is 6.56. The lowest BCUT2D eigenvalue weighted by atomic mass is 9.91. The molecule has 1 amide bonds. The van der Waals surface area contributed by atoms with Gasteiger partial charge >= 0.3 is 0 Å². The summed E-state index contributed by atoms with van der Waals surface area (Å²) in [5.74, 6) is 0.871. The largest absolute Gasteiger partial charge is 0.490 e. The second-order valence-electron chi connectivity index (χ2n) is 6.15. The van der Waals surface area contributed by atoms with Crippen molar-refractivity contribution in [1.29, 1.82) is 0 Å². The van der Waals surface area contributed by atoms with Crippen LogP contribution in [-0.2, 0) is 0 Å². The van der Waals surface area contributed by atoms with Crippen LogP contribution < -0.4 is 20.5 Å². The van der Waals surface area contributed by atoms with Gasteiger partial charge < -0.3 is 20.5 Å². The molecule has 1 aromatic carbocycles. The fraction of sp³-hybridized carbons (Fsp3) is 0.611. The molecule has 5 nitrogen and oxygen atoms in total. The number of nitrogens with two attached hydrogens (primary N) is 1. The molecule has 0 radical (unpaired) electrons. The van der Waals surface area contributed by atoms with E-state index in [1.165, 1.54) is 0 Å². The number of hydrogen-bond donors (Lipinski definition) is 2. The van der Waals surface area contributed by atoms with Crippen molar-refractivity contribution in [3.05, 3.63) is 22.7 Å². The average Bonchev–Trinajstić information content (AvgIpc) is 2.56. The van der Waals surface area contributed by atoms with Crippen molar-refractivity contribution in [3.8, 4) is 11.5 Å². The fourth-order valence-corrected chi connectivity index (χ4v) is 3.10. The third-order valence-corrected chi connectivity index (χ3v) is 4.41. The van der Waals surface area contributed by atoms with Crippen LogP contribution in [0, 0.1) is 0 Å². The van der Waals surface area contributed by atoms with E-state index in [4.69, 9.17) is 26.8 Å². The Balaban J connectivity index is 0.00000312. The van der Waals surface area contributed by atoms with Gasteiger partial charge in [-0.05, 0) is 51.2 Å². The summed E-state index contributed by atoms with van der Waals surface area (Å²) in [5, 5.41) is 3.46. The third-order valence-electron chi connectivity index (χ3n) is 4.13. The molecule has 0 saturated heterocycles. The van der Waals surface area contributed by atoms with Gasteiger partial charge in [0.1, 0.15) is 0 Å². The predicted octanol–water partition coefficient (Wildman–Crippen LogP) is 3.95. The van der Waals surface area contributed by atoms with Gasteiger partial charge in [-0.2, -0.15) is 0 Å². The van der Waals surface area contributed by atoms with Gasteiger partial charge in [-0.25, -0.2) is 0 Å². The second kappa shape index (κ2) is 10.7. The standard InChI is InChI=1S/C18H27ClN2O3.ClH/c1-3-9-24-17-15(19)10-12(11-16(17)23-4-2)18(22)21-14-7-5-13(20)6-8-14;/h10-11,13-14H,3-9,20H2,1-2H3,(H,21,22);1H. The molecule has 0 aliphatic heterocycles. The van der Waals surface area contributed by atoms with E-state index in [1.807, 2.05) is 13.8 Å². The summed E-state index contributed by atoms with van der Waals surface area (Å²) in [6, 6.07) is 3.76. The summed E-state index contributed by atoms with van der Waals surface area (Å²) in [4.78, 5) is 12.5. The van der Waals surface area contributed by atoms with E-state index in [0.29, 0.717) is 35.3 Å². The van der Waals surface area contributed by atoms with E-state index in [-0.39, 0.29) is 30.4 Å². The molecule has 1 aliphatic rings. The highest BCUT2D eigenvalue weighted by atomic mass is 35.5. The van der Waals surface area contributed by atoms with Crippen LogP contribution in [0.25, 0.3) is 0 Å². The molecular formula is C18H28Cl2N2O3. The Labute approximate surface area is 161 Å². The molecule has 25 heavy (non-hydrogen) atoms. The van der Waals surface area contributed by atoms with E-state index in [1.54, 1.807) is 12.1 Å². The van der Waals surface area contributed by atoms with Crippen LogP contribution in [0.4, 0.5) is 0 Å². The first kappa shape index (κ1) is 21.9. The molecule has 7 heteroatoms. The predicted molar refractivity (Wildman–Crippen MR) is 103 cm³/mol. The molecule has 142 valence electrons. The normalized spacial score (nSPS) is 19.7. The maximum absolute atomic E-state index is 12.5. The zero-order chi connectivity index (χ0) is 17.5. The van der Waals surface area contributed by atoms with Crippen LogP contribution in [0.2, 0.25) is 5.02 Å². The van der Waals surface area contributed by atoms with Crippen molar-refractivity contribution < 1.29 is 14.3 Å². The molecule has 3 N–H and O–H groups in total. The number of carbonyl (C=O) groups excluding carboxylic acids is 1. The third kappa shape index (κ3) is 6.24. The molecule has 2 rings (SSSR count). The van der Waals surface area contributed by atoms with E-state index in [2.05, 4.69) is 5.32 Å². The lowest BCUT2D eigenvalue weighted by molar-refractivity contribution is 0.0925. The fourth-order valence-electron chi connectivity index (χ4n) is 2.84. The number of hydrogen-bond acceptors (Lipinski definition) is 4. The van der Waals surface area contributed by atoms with Crippen LogP contribution in [0.5, 0.6) is 11.5 Å². The lowest BCUT2D eigenvalue weighted by Crippen LogP contribution is -2.40. The van der Waals surface area contributed by atoms with Gasteiger partial charge in [0.25, 0.3) is 5.91 Å². The molecule has 1 fully saturated rings. The van der Waals surface area contributed by atoms with E-state index < -0.39 is 0 Å². The maximum Gasteiger partial charge on any atom is 0.251 e. The number of halogens is 2. The molecule has 0 unspecified atom stereocenters. The van der Waals surface area contributed by atoms with Crippen LogP contribution in [0.1, 0.15) is 56.3 Å². The van der Waals surface area contributed by atoms with Crippen LogP contribution in [-0.4, -0.2) is 31.2 Å².